The van der Waals surface area contributed by atoms with Gasteiger partial charge in [-0.15, -0.1) is 11.3 Å². The summed E-state index contributed by atoms with van der Waals surface area (Å²) in [7, 11) is 2.25. The fourth-order valence-electron chi connectivity index (χ4n) is 4.40. The number of H-pyrrole nitrogens is 1. The first-order valence-corrected chi connectivity index (χ1v) is 10.1. The monoisotopic (exact) mass is 401 g/mol. The van der Waals surface area contributed by atoms with Crippen molar-refractivity contribution in [3.05, 3.63) is 56.3 Å². The molecule has 0 unspecified atom stereocenters. The number of para-hydroxylation sites is 1. The van der Waals surface area contributed by atoms with Gasteiger partial charge in [0, 0.05) is 47.2 Å². The van der Waals surface area contributed by atoms with Crippen molar-refractivity contribution in [2.45, 2.75) is 18.5 Å². The number of fused-ring (bicyclic) bond motifs is 4. The van der Waals surface area contributed by atoms with E-state index in [4.69, 9.17) is 0 Å². The number of benzene rings is 1. The first-order chi connectivity index (χ1) is 11.7. The molecule has 1 aromatic carbocycles. The van der Waals surface area contributed by atoms with Crippen molar-refractivity contribution >= 4 is 38.2 Å². The molecule has 1 fully saturated rings. The summed E-state index contributed by atoms with van der Waals surface area (Å²) in [5, 5.41) is 1.40. The molecule has 0 amide bonds. The molecule has 0 radical (unpaired) electrons. The maximum Gasteiger partial charge on any atom is 0.0854 e. The Morgan fingerprint density at radius 2 is 2.04 bits per heavy atom. The molecule has 0 aliphatic carbocycles. The number of piperazine rings is 1. The maximum absolute atomic E-state index is 3.75. The van der Waals surface area contributed by atoms with E-state index in [1.807, 2.05) is 11.3 Å². The number of nitrogens with one attached hydrogen (secondary N) is 1. The lowest BCUT2D eigenvalue weighted by Gasteiger charge is -2.47. The second-order valence-corrected chi connectivity index (χ2v) is 9.46. The summed E-state index contributed by atoms with van der Waals surface area (Å²) >= 11 is 5.52. The van der Waals surface area contributed by atoms with E-state index >= 15 is 0 Å². The molecule has 0 saturated carbocycles. The van der Waals surface area contributed by atoms with E-state index in [1.165, 1.54) is 30.8 Å². The lowest BCUT2D eigenvalue weighted by atomic mass is 9.89. The number of nitrogens with zero attached hydrogens (tertiary/aromatic N) is 2. The minimum Gasteiger partial charge on any atom is -0.357 e. The number of rotatable bonds is 1. The summed E-state index contributed by atoms with van der Waals surface area (Å²) in [6.45, 7) is 3.44. The lowest BCUT2D eigenvalue weighted by molar-refractivity contribution is 0.0558. The van der Waals surface area contributed by atoms with E-state index in [9.17, 15) is 0 Å². The zero-order chi connectivity index (χ0) is 16.3. The highest BCUT2D eigenvalue weighted by Crippen LogP contribution is 2.44. The highest BCUT2D eigenvalue weighted by molar-refractivity contribution is 9.11. The zero-order valence-electron chi connectivity index (χ0n) is 13.6. The Hall–Kier alpha value is -1.14. The first kappa shape index (κ1) is 15.1. The molecule has 1 N–H and O–H groups in total. The van der Waals surface area contributed by atoms with E-state index in [1.54, 1.807) is 0 Å². The average Bonchev–Trinajstić information content (AvgIpc) is 3.16. The van der Waals surface area contributed by atoms with Crippen LogP contribution in [0.1, 0.15) is 22.2 Å². The Morgan fingerprint density at radius 3 is 2.88 bits per heavy atom. The zero-order valence-corrected chi connectivity index (χ0v) is 16.0. The van der Waals surface area contributed by atoms with E-state index in [0.29, 0.717) is 12.1 Å². The van der Waals surface area contributed by atoms with Gasteiger partial charge in [-0.25, -0.2) is 0 Å². The second-order valence-electron chi connectivity index (χ2n) is 6.97. The van der Waals surface area contributed by atoms with Crippen molar-refractivity contribution in [1.29, 1.82) is 0 Å². The molecule has 0 spiro atoms. The van der Waals surface area contributed by atoms with Crippen LogP contribution in [0, 0.1) is 0 Å². The van der Waals surface area contributed by atoms with Gasteiger partial charge in [0.1, 0.15) is 0 Å². The largest absolute Gasteiger partial charge is 0.357 e. The predicted octanol–water partition coefficient (Wildman–Crippen LogP) is 4.25. The van der Waals surface area contributed by atoms with Crippen molar-refractivity contribution in [1.82, 2.24) is 14.8 Å². The Balaban J connectivity index is 1.71. The Kier molecular flexibility index (Phi) is 3.59. The van der Waals surface area contributed by atoms with Crippen LogP contribution in [0.15, 0.2) is 40.2 Å². The fraction of sp³-hybridized carbons (Fsp3) is 0.368. The van der Waals surface area contributed by atoms with Crippen LogP contribution < -0.4 is 0 Å². The van der Waals surface area contributed by atoms with Gasteiger partial charge in [-0.3, -0.25) is 4.90 Å². The second kappa shape index (κ2) is 5.70. The number of hydrogen-bond acceptors (Lipinski definition) is 3. The fourth-order valence-corrected chi connectivity index (χ4v) is 5.96. The van der Waals surface area contributed by atoms with Gasteiger partial charge in [0.25, 0.3) is 0 Å². The van der Waals surface area contributed by atoms with Crippen LogP contribution >= 0.6 is 27.3 Å². The van der Waals surface area contributed by atoms with Crippen molar-refractivity contribution in [2.75, 3.05) is 26.7 Å². The van der Waals surface area contributed by atoms with Gasteiger partial charge in [0.2, 0.25) is 0 Å². The van der Waals surface area contributed by atoms with Crippen molar-refractivity contribution in [3.8, 4) is 0 Å². The highest BCUT2D eigenvalue weighted by atomic mass is 79.9. The SMILES string of the molecule is CN1CCN2[C@H](Cc3c([nH]c4ccccc34)[C@@H]2c2ccc(Br)s2)C1. The van der Waals surface area contributed by atoms with Gasteiger partial charge in [-0.2, -0.15) is 0 Å². The van der Waals surface area contributed by atoms with Crippen LogP contribution in [-0.2, 0) is 6.42 Å². The Morgan fingerprint density at radius 1 is 1.17 bits per heavy atom. The normalized spacial score (nSPS) is 24.9. The predicted molar refractivity (Wildman–Crippen MR) is 104 cm³/mol. The average molecular weight is 402 g/mol. The van der Waals surface area contributed by atoms with E-state index in [-0.39, 0.29) is 0 Å². The minimum atomic E-state index is 0.358. The maximum atomic E-state index is 3.75. The number of hydrogen-bond donors (Lipinski definition) is 1. The quantitative estimate of drug-likeness (QED) is 0.658. The number of halogens is 1. The van der Waals surface area contributed by atoms with Crippen LogP contribution in [0.5, 0.6) is 0 Å². The van der Waals surface area contributed by atoms with Crippen molar-refractivity contribution in [3.63, 3.8) is 0 Å². The highest BCUT2D eigenvalue weighted by Gasteiger charge is 2.40. The molecule has 2 aliphatic heterocycles. The van der Waals surface area contributed by atoms with Gasteiger partial charge in [0.05, 0.1) is 9.83 Å². The Bertz CT molecular complexity index is 899. The molecule has 5 rings (SSSR count). The van der Waals surface area contributed by atoms with E-state index in [0.717, 1.165) is 26.1 Å². The Labute approximate surface area is 154 Å². The third kappa shape index (κ3) is 2.30. The molecule has 3 aromatic rings. The van der Waals surface area contributed by atoms with E-state index in [2.05, 4.69) is 74.2 Å². The number of aromatic nitrogens is 1. The minimum absolute atomic E-state index is 0.358. The standard InChI is InChI=1S/C19H20BrN3S/c1-22-8-9-23-12(11-22)10-14-13-4-2-3-5-15(13)21-18(14)19(23)16-6-7-17(20)24-16/h2-7,12,19,21H,8-11H2,1H3/t12-,19+/m1/s1. The summed E-state index contributed by atoms with van der Waals surface area (Å²) in [6, 6.07) is 14.2. The first-order valence-electron chi connectivity index (χ1n) is 8.49. The van der Waals surface area contributed by atoms with Gasteiger partial charge < -0.3 is 9.88 Å². The molecule has 5 heteroatoms. The smallest absolute Gasteiger partial charge is 0.0854 e. The third-order valence-corrected chi connectivity index (χ3v) is 7.16. The van der Waals surface area contributed by atoms with Crippen molar-refractivity contribution in [2.24, 2.45) is 0 Å². The van der Waals surface area contributed by atoms with Crippen LogP contribution in [0.3, 0.4) is 0 Å². The molecule has 4 heterocycles. The molecule has 2 atom stereocenters. The molecule has 3 nitrogen and oxygen atoms in total. The summed E-state index contributed by atoms with van der Waals surface area (Å²) in [5.41, 5.74) is 4.21. The molecule has 0 bridgehead atoms. The third-order valence-electron chi connectivity index (χ3n) is 5.49. The molecule has 2 aliphatic rings. The number of aromatic amines is 1. The molecular weight excluding hydrogens is 382 g/mol. The number of likely N-dealkylation sites (N-methyl/N-ethyl adjacent to an activating group) is 1. The summed E-state index contributed by atoms with van der Waals surface area (Å²) in [6.07, 6.45) is 1.15. The molecular formula is C19H20BrN3S. The van der Waals surface area contributed by atoms with Crippen molar-refractivity contribution < 1.29 is 0 Å². The van der Waals surface area contributed by atoms with E-state index < -0.39 is 0 Å². The van der Waals surface area contributed by atoms with Crippen LogP contribution in [0.4, 0.5) is 0 Å². The molecule has 1 saturated heterocycles. The number of thiophene rings is 1. The summed E-state index contributed by atoms with van der Waals surface area (Å²) < 4.78 is 1.21. The topological polar surface area (TPSA) is 22.3 Å². The molecule has 2 aromatic heterocycles. The van der Waals surface area contributed by atoms with Gasteiger partial charge in [0.15, 0.2) is 0 Å². The van der Waals surface area contributed by atoms with Crippen LogP contribution in [-0.4, -0.2) is 47.5 Å². The molecule has 24 heavy (non-hydrogen) atoms. The summed E-state index contributed by atoms with van der Waals surface area (Å²) in [4.78, 5) is 10.4. The lowest BCUT2D eigenvalue weighted by Crippen LogP contribution is -2.55. The van der Waals surface area contributed by atoms with Gasteiger partial charge in [-0.1, -0.05) is 18.2 Å². The van der Waals surface area contributed by atoms with Crippen LogP contribution in [0.25, 0.3) is 10.9 Å². The van der Waals surface area contributed by atoms with Crippen LogP contribution in [0.2, 0.25) is 0 Å². The summed E-state index contributed by atoms with van der Waals surface area (Å²) in [5.74, 6) is 0. The van der Waals surface area contributed by atoms with Gasteiger partial charge >= 0.3 is 0 Å². The molecule has 124 valence electrons. The van der Waals surface area contributed by atoms with Gasteiger partial charge in [-0.05, 0) is 53.2 Å².